The maximum Gasteiger partial charge on any atom is 0.0737 e. The number of aromatic nitrogens is 1. The molecular formula is C24H30ClN3. The van der Waals surface area contributed by atoms with Gasteiger partial charge in [-0.1, -0.05) is 61.7 Å². The molecule has 2 aromatic carbocycles. The minimum absolute atomic E-state index is 0.723. The molecule has 1 aromatic heterocycles. The van der Waals surface area contributed by atoms with Gasteiger partial charge in [0.25, 0.3) is 0 Å². The summed E-state index contributed by atoms with van der Waals surface area (Å²) < 4.78 is 0. The summed E-state index contributed by atoms with van der Waals surface area (Å²) in [4.78, 5) is 7.00. The van der Waals surface area contributed by atoms with E-state index in [1.807, 2.05) is 30.5 Å². The highest BCUT2D eigenvalue weighted by atomic mass is 35.5. The number of nitrogens with one attached hydrogen (secondary N) is 1. The van der Waals surface area contributed by atoms with Gasteiger partial charge in [-0.05, 0) is 49.2 Å². The fraction of sp³-hybridized carbons (Fsp3) is 0.375. The van der Waals surface area contributed by atoms with Crippen LogP contribution in [0.15, 0.2) is 60.8 Å². The van der Waals surface area contributed by atoms with Crippen LogP contribution in [0.1, 0.15) is 38.2 Å². The molecule has 0 aliphatic carbocycles. The Hall–Kier alpha value is -2.10. The van der Waals surface area contributed by atoms with E-state index in [2.05, 4.69) is 52.5 Å². The molecular weight excluding hydrogens is 366 g/mol. The van der Waals surface area contributed by atoms with Crippen molar-refractivity contribution < 1.29 is 0 Å². The van der Waals surface area contributed by atoms with Gasteiger partial charge < -0.3 is 5.32 Å². The number of pyridine rings is 1. The van der Waals surface area contributed by atoms with Gasteiger partial charge >= 0.3 is 0 Å². The summed E-state index contributed by atoms with van der Waals surface area (Å²) in [5.41, 5.74) is 3.45. The molecule has 0 saturated heterocycles. The number of hydrogen-bond donors (Lipinski definition) is 1. The van der Waals surface area contributed by atoms with E-state index in [-0.39, 0.29) is 0 Å². The summed E-state index contributed by atoms with van der Waals surface area (Å²) in [6.07, 6.45) is 6.78. The summed E-state index contributed by atoms with van der Waals surface area (Å²) in [5.74, 6) is 0. The quantitative estimate of drug-likeness (QED) is 0.381. The first kappa shape index (κ1) is 20.6. The van der Waals surface area contributed by atoms with E-state index < -0.39 is 0 Å². The molecule has 4 heteroatoms. The van der Waals surface area contributed by atoms with Crippen molar-refractivity contribution in [2.75, 3.05) is 25.0 Å². The van der Waals surface area contributed by atoms with Gasteiger partial charge in [0.2, 0.25) is 0 Å². The summed E-state index contributed by atoms with van der Waals surface area (Å²) >= 11 is 6.09. The number of rotatable bonds is 11. The number of halogens is 1. The van der Waals surface area contributed by atoms with Crippen molar-refractivity contribution >= 4 is 28.2 Å². The van der Waals surface area contributed by atoms with Gasteiger partial charge in [-0.25, -0.2) is 0 Å². The van der Waals surface area contributed by atoms with E-state index in [1.54, 1.807) is 0 Å². The molecule has 0 atom stereocenters. The summed E-state index contributed by atoms with van der Waals surface area (Å²) in [5, 5.41) is 5.43. The lowest BCUT2D eigenvalue weighted by Crippen LogP contribution is -2.27. The molecule has 0 saturated carbocycles. The van der Waals surface area contributed by atoms with Crippen LogP contribution >= 0.6 is 11.6 Å². The Morgan fingerprint density at radius 3 is 2.61 bits per heavy atom. The molecule has 1 heterocycles. The molecule has 3 nitrogen and oxygen atoms in total. The number of nitrogens with zero attached hydrogens (tertiary/aromatic N) is 2. The van der Waals surface area contributed by atoms with Crippen LogP contribution in [0.2, 0.25) is 5.02 Å². The first-order valence-corrected chi connectivity index (χ1v) is 10.7. The first-order chi connectivity index (χ1) is 13.8. The third-order valence-electron chi connectivity index (χ3n) is 5.00. The molecule has 0 bridgehead atoms. The Morgan fingerprint density at radius 1 is 0.964 bits per heavy atom. The highest BCUT2D eigenvalue weighted by Gasteiger charge is 2.07. The predicted molar refractivity (Wildman–Crippen MR) is 121 cm³/mol. The van der Waals surface area contributed by atoms with Crippen LogP contribution in [0.5, 0.6) is 0 Å². The zero-order chi connectivity index (χ0) is 19.6. The molecule has 3 rings (SSSR count). The molecule has 1 N–H and O–H groups in total. The van der Waals surface area contributed by atoms with Crippen molar-refractivity contribution in [1.82, 2.24) is 9.88 Å². The normalized spacial score (nSPS) is 11.2. The minimum atomic E-state index is 0.723. The molecule has 0 fully saturated rings. The fourth-order valence-electron chi connectivity index (χ4n) is 3.50. The monoisotopic (exact) mass is 395 g/mol. The second kappa shape index (κ2) is 11.0. The summed E-state index contributed by atoms with van der Waals surface area (Å²) in [7, 11) is 0. The standard InChI is InChI=1S/C24H30ClN3/c1-2-3-7-16-28(19-20-9-5-4-6-10-20)17-8-14-26-23-13-15-27-24-18-21(25)11-12-22(23)24/h4-6,9-13,15,18H,2-3,7-8,14,16-17,19H2,1H3,(H,26,27). The van der Waals surface area contributed by atoms with Crippen molar-refractivity contribution in [3.05, 3.63) is 71.4 Å². The van der Waals surface area contributed by atoms with Crippen molar-refractivity contribution in [3.63, 3.8) is 0 Å². The van der Waals surface area contributed by atoms with Gasteiger partial charge in [0.1, 0.15) is 0 Å². The molecule has 3 aromatic rings. The van der Waals surface area contributed by atoms with Crippen LogP contribution in [0.4, 0.5) is 5.69 Å². The molecule has 0 amide bonds. The van der Waals surface area contributed by atoms with E-state index >= 15 is 0 Å². The summed E-state index contributed by atoms with van der Waals surface area (Å²) in [6.45, 7) is 6.50. The third-order valence-corrected chi connectivity index (χ3v) is 5.23. The fourth-order valence-corrected chi connectivity index (χ4v) is 3.66. The van der Waals surface area contributed by atoms with Gasteiger partial charge in [-0.15, -0.1) is 0 Å². The van der Waals surface area contributed by atoms with Gasteiger partial charge in [-0.2, -0.15) is 0 Å². The van der Waals surface area contributed by atoms with Crippen LogP contribution in [0.3, 0.4) is 0 Å². The Bertz CT molecular complexity index is 851. The van der Waals surface area contributed by atoms with Crippen LogP contribution in [-0.4, -0.2) is 29.5 Å². The van der Waals surface area contributed by atoms with Gasteiger partial charge in [0.05, 0.1) is 5.52 Å². The van der Waals surface area contributed by atoms with E-state index in [0.29, 0.717) is 0 Å². The number of unbranched alkanes of at least 4 members (excludes halogenated alkanes) is 2. The number of fused-ring (bicyclic) bond motifs is 1. The highest BCUT2D eigenvalue weighted by Crippen LogP contribution is 2.24. The zero-order valence-electron chi connectivity index (χ0n) is 16.7. The Kier molecular flexibility index (Phi) is 8.13. The molecule has 28 heavy (non-hydrogen) atoms. The molecule has 0 spiro atoms. The zero-order valence-corrected chi connectivity index (χ0v) is 17.5. The van der Waals surface area contributed by atoms with Crippen molar-refractivity contribution in [3.8, 4) is 0 Å². The highest BCUT2D eigenvalue weighted by molar-refractivity contribution is 6.31. The topological polar surface area (TPSA) is 28.2 Å². The Morgan fingerprint density at radius 2 is 1.79 bits per heavy atom. The number of hydrogen-bond acceptors (Lipinski definition) is 3. The third kappa shape index (κ3) is 6.22. The molecule has 0 aliphatic rings. The maximum atomic E-state index is 6.09. The van der Waals surface area contributed by atoms with E-state index in [0.717, 1.165) is 47.7 Å². The number of anilines is 1. The molecule has 0 aliphatic heterocycles. The van der Waals surface area contributed by atoms with Crippen molar-refractivity contribution in [2.24, 2.45) is 0 Å². The lowest BCUT2D eigenvalue weighted by atomic mass is 10.1. The van der Waals surface area contributed by atoms with E-state index in [9.17, 15) is 0 Å². The Balaban J connectivity index is 1.53. The van der Waals surface area contributed by atoms with Gasteiger partial charge in [0.15, 0.2) is 0 Å². The van der Waals surface area contributed by atoms with Crippen LogP contribution < -0.4 is 5.32 Å². The smallest absolute Gasteiger partial charge is 0.0737 e. The average Bonchev–Trinajstić information content (AvgIpc) is 2.71. The van der Waals surface area contributed by atoms with Gasteiger partial charge in [-0.3, -0.25) is 9.88 Å². The molecule has 148 valence electrons. The van der Waals surface area contributed by atoms with Crippen LogP contribution in [0.25, 0.3) is 10.9 Å². The molecule has 0 unspecified atom stereocenters. The minimum Gasteiger partial charge on any atom is -0.384 e. The lowest BCUT2D eigenvalue weighted by Gasteiger charge is -2.22. The second-order valence-corrected chi connectivity index (χ2v) is 7.71. The van der Waals surface area contributed by atoms with Gasteiger partial charge in [0, 0.05) is 41.9 Å². The largest absolute Gasteiger partial charge is 0.384 e. The predicted octanol–water partition coefficient (Wildman–Crippen LogP) is 6.38. The Labute approximate surface area is 173 Å². The lowest BCUT2D eigenvalue weighted by molar-refractivity contribution is 0.258. The van der Waals surface area contributed by atoms with E-state index in [1.165, 1.54) is 31.4 Å². The SMILES string of the molecule is CCCCCN(CCCNc1ccnc2cc(Cl)ccc12)Cc1ccccc1. The van der Waals surface area contributed by atoms with Crippen LogP contribution in [0, 0.1) is 0 Å². The average molecular weight is 396 g/mol. The molecule has 0 radical (unpaired) electrons. The van der Waals surface area contributed by atoms with Crippen LogP contribution in [-0.2, 0) is 6.54 Å². The number of benzene rings is 2. The summed E-state index contributed by atoms with van der Waals surface area (Å²) in [6, 6.07) is 18.7. The van der Waals surface area contributed by atoms with E-state index in [4.69, 9.17) is 11.6 Å². The second-order valence-electron chi connectivity index (χ2n) is 7.27. The maximum absolute atomic E-state index is 6.09. The first-order valence-electron chi connectivity index (χ1n) is 10.3. The van der Waals surface area contributed by atoms with Crippen molar-refractivity contribution in [2.45, 2.75) is 39.2 Å². The van der Waals surface area contributed by atoms with Crippen molar-refractivity contribution in [1.29, 1.82) is 0 Å².